The predicted octanol–water partition coefficient (Wildman–Crippen LogP) is 0.685. The molecule has 1 aromatic carbocycles. The average molecular weight is 336 g/mol. The summed E-state index contributed by atoms with van der Waals surface area (Å²) in [5.74, 6) is -2.38. The number of rotatable bonds is 5. The molecule has 10 heteroatoms. The Labute approximate surface area is 122 Å². The van der Waals surface area contributed by atoms with Crippen molar-refractivity contribution in [2.75, 3.05) is 0 Å². The van der Waals surface area contributed by atoms with Gasteiger partial charge in [-0.15, -0.1) is 0 Å². The molecule has 0 aliphatic rings. The first-order valence-corrected chi connectivity index (χ1v) is 7.95. The first kappa shape index (κ1) is 15.8. The van der Waals surface area contributed by atoms with E-state index in [2.05, 4.69) is 9.71 Å². The minimum atomic E-state index is -4.25. The van der Waals surface area contributed by atoms with Gasteiger partial charge < -0.3 is 10.1 Å². The van der Waals surface area contributed by atoms with Gasteiger partial charge in [0.1, 0.15) is 10.7 Å². The maximum Gasteiger partial charge on any atom is 0.304 e. The van der Waals surface area contributed by atoms with Crippen LogP contribution in [0, 0.1) is 11.6 Å². The second-order valence-electron chi connectivity index (χ2n) is 3.99. The Hall–Kier alpha value is -1.62. The molecule has 2 rings (SSSR count). The minimum Gasteiger partial charge on any atom is -0.391 e. The van der Waals surface area contributed by atoms with Crippen LogP contribution >= 0.6 is 11.3 Å². The molecule has 3 N–H and O–H groups in total. The molecule has 0 bridgehead atoms. The second kappa shape index (κ2) is 6.02. The molecule has 0 aliphatic carbocycles. The Kier molecular flexibility index (Phi) is 4.52. The number of H-pyrrole nitrogens is 1. The lowest BCUT2D eigenvalue weighted by Gasteiger charge is -2.09. The van der Waals surface area contributed by atoms with E-state index in [-0.39, 0.29) is 11.4 Å². The molecule has 6 nitrogen and oxygen atoms in total. The molecule has 1 aromatic heterocycles. The van der Waals surface area contributed by atoms with Crippen LogP contribution in [0.5, 0.6) is 0 Å². The fourth-order valence-corrected chi connectivity index (χ4v) is 3.27. The maximum atomic E-state index is 13.9. The number of aliphatic hydroxyl groups excluding tert-OH is 1. The molecule has 0 fully saturated rings. The molecule has 0 unspecified atom stereocenters. The summed E-state index contributed by atoms with van der Waals surface area (Å²) in [6.07, 6.45) is 0. The topological polar surface area (TPSA) is 99.3 Å². The number of hydrogen-bond acceptors (Lipinski definition) is 5. The Balaban J connectivity index is 2.29. The van der Waals surface area contributed by atoms with Gasteiger partial charge in [-0.2, -0.15) is 0 Å². The van der Waals surface area contributed by atoms with E-state index in [0.29, 0.717) is 5.69 Å². The van der Waals surface area contributed by atoms with Gasteiger partial charge >= 0.3 is 4.87 Å². The molecule has 1 heterocycles. The SMILES string of the molecule is O=c1[nH]c(CNS(=O)(=O)c2ccc(F)c(CO)c2F)cs1. The van der Waals surface area contributed by atoms with Gasteiger partial charge in [-0.1, -0.05) is 11.3 Å². The van der Waals surface area contributed by atoms with E-state index >= 15 is 0 Å². The third-order valence-electron chi connectivity index (χ3n) is 2.62. The average Bonchev–Trinajstić information content (AvgIpc) is 2.83. The highest BCUT2D eigenvalue weighted by atomic mass is 32.2. The standard InChI is InChI=1S/C11H10F2N2O4S2/c12-8-1-2-9(10(13)7(8)4-16)21(18,19)14-3-6-5-20-11(17)15-6/h1-2,5,14,16H,3-4H2,(H,15,17). The fraction of sp³-hybridized carbons (Fsp3) is 0.182. The fourth-order valence-electron chi connectivity index (χ4n) is 1.58. The molecular weight excluding hydrogens is 326 g/mol. The molecule has 0 radical (unpaired) electrons. The van der Waals surface area contributed by atoms with Gasteiger partial charge in [0.2, 0.25) is 10.0 Å². The molecule has 21 heavy (non-hydrogen) atoms. The molecule has 0 saturated heterocycles. The Bertz CT molecular complexity index is 814. The number of hydrogen-bond donors (Lipinski definition) is 3. The molecule has 0 atom stereocenters. The van der Waals surface area contributed by atoms with Crippen LogP contribution in [0.2, 0.25) is 0 Å². The molecule has 0 spiro atoms. The minimum absolute atomic E-state index is 0.244. The summed E-state index contributed by atoms with van der Waals surface area (Å²) in [5, 5.41) is 10.3. The van der Waals surface area contributed by atoms with Crippen molar-refractivity contribution < 1.29 is 22.3 Å². The first-order valence-electron chi connectivity index (χ1n) is 5.59. The number of sulfonamides is 1. The molecule has 2 aromatic rings. The number of aromatic amines is 1. The van der Waals surface area contributed by atoms with Crippen LogP contribution in [0.15, 0.2) is 27.2 Å². The van der Waals surface area contributed by atoms with Gasteiger partial charge in [-0.25, -0.2) is 21.9 Å². The number of benzene rings is 1. The van der Waals surface area contributed by atoms with Gasteiger partial charge in [0.05, 0.1) is 18.7 Å². The monoisotopic (exact) mass is 336 g/mol. The summed E-state index contributed by atoms with van der Waals surface area (Å²) in [5.41, 5.74) is -0.403. The highest BCUT2D eigenvalue weighted by Gasteiger charge is 2.23. The number of aliphatic hydroxyl groups is 1. The Morgan fingerprint density at radius 1 is 1.33 bits per heavy atom. The second-order valence-corrected chi connectivity index (χ2v) is 6.57. The van der Waals surface area contributed by atoms with E-state index in [9.17, 15) is 22.0 Å². The zero-order chi connectivity index (χ0) is 15.6. The lowest BCUT2D eigenvalue weighted by atomic mass is 10.2. The van der Waals surface area contributed by atoms with E-state index < -0.39 is 38.7 Å². The van der Waals surface area contributed by atoms with E-state index in [1.165, 1.54) is 5.38 Å². The van der Waals surface area contributed by atoms with Crippen LogP contribution < -0.4 is 9.60 Å². The van der Waals surface area contributed by atoms with Crippen LogP contribution in [0.25, 0.3) is 0 Å². The van der Waals surface area contributed by atoms with Gasteiger partial charge in [0, 0.05) is 11.1 Å². The summed E-state index contributed by atoms with van der Waals surface area (Å²) in [6, 6.07) is 1.53. The summed E-state index contributed by atoms with van der Waals surface area (Å²) >= 11 is 0.859. The molecule has 114 valence electrons. The summed E-state index contributed by atoms with van der Waals surface area (Å²) in [4.78, 5) is 12.2. The van der Waals surface area contributed by atoms with Crippen LogP contribution in [0.4, 0.5) is 8.78 Å². The number of halogens is 2. The predicted molar refractivity (Wildman–Crippen MR) is 71.2 cm³/mol. The Morgan fingerprint density at radius 3 is 2.62 bits per heavy atom. The van der Waals surface area contributed by atoms with Gasteiger partial charge in [-0.3, -0.25) is 4.79 Å². The number of aromatic nitrogens is 1. The highest BCUT2D eigenvalue weighted by molar-refractivity contribution is 7.89. The van der Waals surface area contributed by atoms with Gasteiger partial charge in [0.25, 0.3) is 0 Å². The van der Waals surface area contributed by atoms with Crippen molar-refractivity contribution in [3.63, 3.8) is 0 Å². The lowest BCUT2D eigenvalue weighted by molar-refractivity contribution is 0.267. The van der Waals surface area contributed by atoms with Crippen LogP contribution in [0.1, 0.15) is 11.3 Å². The lowest BCUT2D eigenvalue weighted by Crippen LogP contribution is -2.25. The third kappa shape index (κ3) is 3.35. The van der Waals surface area contributed by atoms with Crippen molar-refractivity contribution in [3.05, 3.63) is 50.1 Å². The van der Waals surface area contributed by atoms with Crippen molar-refractivity contribution >= 4 is 21.4 Å². The van der Waals surface area contributed by atoms with Crippen LogP contribution in [-0.4, -0.2) is 18.5 Å². The molecule has 0 aliphatic heterocycles. The first-order chi connectivity index (χ1) is 9.85. The normalized spacial score (nSPS) is 11.8. The quantitative estimate of drug-likeness (QED) is 0.748. The van der Waals surface area contributed by atoms with Crippen LogP contribution in [0.3, 0.4) is 0 Å². The third-order valence-corrected chi connectivity index (χ3v) is 4.76. The smallest absolute Gasteiger partial charge is 0.304 e. The van der Waals surface area contributed by atoms with Gasteiger partial charge in [0.15, 0.2) is 5.82 Å². The number of thiazole rings is 1. The largest absolute Gasteiger partial charge is 0.391 e. The molecule has 0 amide bonds. The maximum absolute atomic E-state index is 13.9. The van der Waals surface area contributed by atoms with Crippen LogP contribution in [-0.2, 0) is 23.2 Å². The van der Waals surface area contributed by atoms with E-state index in [0.717, 1.165) is 23.5 Å². The van der Waals surface area contributed by atoms with Crippen molar-refractivity contribution in [1.82, 2.24) is 9.71 Å². The van der Waals surface area contributed by atoms with E-state index in [4.69, 9.17) is 5.11 Å². The summed E-state index contributed by atoms with van der Waals surface area (Å²) in [6.45, 7) is -1.20. The van der Waals surface area contributed by atoms with Gasteiger partial charge in [-0.05, 0) is 12.1 Å². The van der Waals surface area contributed by atoms with Crippen molar-refractivity contribution in [1.29, 1.82) is 0 Å². The zero-order valence-corrected chi connectivity index (χ0v) is 12.0. The molecular formula is C11H10F2N2O4S2. The Morgan fingerprint density at radius 2 is 2.05 bits per heavy atom. The summed E-state index contributed by atoms with van der Waals surface area (Å²) < 4.78 is 53.1. The summed E-state index contributed by atoms with van der Waals surface area (Å²) in [7, 11) is -4.25. The molecule has 0 saturated carbocycles. The highest BCUT2D eigenvalue weighted by Crippen LogP contribution is 2.21. The van der Waals surface area contributed by atoms with Crippen molar-refractivity contribution in [3.8, 4) is 0 Å². The van der Waals surface area contributed by atoms with E-state index in [1.54, 1.807) is 0 Å². The van der Waals surface area contributed by atoms with E-state index in [1.807, 2.05) is 0 Å². The zero-order valence-electron chi connectivity index (χ0n) is 10.4. The number of nitrogens with one attached hydrogen (secondary N) is 2. The van der Waals surface area contributed by atoms with Crippen molar-refractivity contribution in [2.45, 2.75) is 18.0 Å². The van der Waals surface area contributed by atoms with Crippen molar-refractivity contribution in [2.24, 2.45) is 0 Å².